The number of rotatable bonds is 4. The van der Waals surface area contributed by atoms with Crippen molar-refractivity contribution in [3.05, 3.63) is 22.8 Å². The minimum absolute atomic E-state index is 0.422. The van der Waals surface area contributed by atoms with Gasteiger partial charge in [0.25, 0.3) is 5.89 Å². The van der Waals surface area contributed by atoms with Crippen LogP contribution >= 0.6 is 11.3 Å². The highest BCUT2D eigenvalue weighted by Crippen LogP contribution is 2.25. The van der Waals surface area contributed by atoms with Gasteiger partial charge in [0, 0.05) is 10.9 Å². The molecule has 2 rings (SSSR count). The lowest BCUT2D eigenvalue weighted by atomic mass is 10.4. The van der Waals surface area contributed by atoms with Gasteiger partial charge in [0.05, 0.1) is 11.4 Å². The minimum Gasteiger partial charge on any atom is -0.333 e. The molecule has 0 amide bonds. The summed E-state index contributed by atoms with van der Waals surface area (Å²) in [6.45, 7) is 6.88. The summed E-state index contributed by atoms with van der Waals surface area (Å²) in [6.07, 6.45) is 0. The summed E-state index contributed by atoms with van der Waals surface area (Å²) < 4.78 is 5.21. The van der Waals surface area contributed by atoms with Gasteiger partial charge in [-0.15, -0.1) is 11.3 Å². The number of thiophene rings is 1. The van der Waals surface area contributed by atoms with Crippen LogP contribution in [-0.2, 0) is 6.54 Å². The first-order valence-corrected chi connectivity index (χ1v) is 6.09. The molecule has 2 aromatic rings. The average molecular weight is 237 g/mol. The van der Waals surface area contributed by atoms with Gasteiger partial charge in [0.2, 0.25) is 0 Å². The number of hydrogen-bond donors (Lipinski definition) is 1. The number of aromatic nitrogens is 2. The fraction of sp³-hybridized carbons (Fsp3) is 0.455. The SMILES string of the molecule is Cc1ccc(-c2nc(CNC(C)C)no2)s1. The van der Waals surface area contributed by atoms with Gasteiger partial charge in [-0.05, 0) is 19.1 Å². The highest BCUT2D eigenvalue weighted by molar-refractivity contribution is 7.15. The van der Waals surface area contributed by atoms with Crippen LogP contribution < -0.4 is 5.32 Å². The van der Waals surface area contributed by atoms with E-state index in [1.807, 2.05) is 6.07 Å². The molecule has 0 atom stereocenters. The van der Waals surface area contributed by atoms with Gasteiger partial charge < -0.3 is 9.84 Å². The van der Waals surface area contributed by atoms with Crippen LogP contribution in [-0.4, -0.2) is 16.2 Å². The van der Waals surface area contributed by atoms with E-state index < -0.39 is 0 Å². The van der Waals surface area contributed by atoms with Gasteiger partial charge in [-0.1, -0.05) is 19.0 Å². The van der Waals surface area contributed by atoms with Crippen LogP contribution in [0.2, 0.25) is 0 Å². The van der Waals surface area contributed by atoms with Crippen molar-refractivity contribution < 1.29 is 4.52 Å². The summed E-state index contributed by atoms with van der Waals surface area (Å²) in [5.74, 6) is 1.31. The number of aryl methyl sites for hydroxylation is 1. The molecule has 0 aliphatic carbocycles. The van der Waals surface area contributed by atoms with Gasteiger partial charge in [-0.2, -0.15) is 4.98 Å². The topological polar surface area (TPSA) is 51.0 Å². The van der Waals surface area contributed by atoms with E-state index in [4.69, 9.17) is 4.52 Å². The van der Waals surface area contributed by atoms with E-state index in [2.05, 4.69) is 42.3 Å². The van der Waals surface area contributed by atoms with Crippen LogP contribution in [0.5, 0.6) is 0 Å². The van der Waals surface area contributed by atoms with Crippen molar-refractivity contribution in [1.29, 1.82) is 0 Å². The van der Waals surface area contributed by atoms with Gasteiger partial charge >= 0.3 is 0 Å². The van der Waals surface area contributed by atoms with Crippen molar-refractivity contribution >= 4 is 11.3 Å². The fourth-order valence-electron chi connectivity index (χ4n) is 1.27. The molecule has 0 saturated heterocycles. The summed E-state index contributed by atoms with van der Waals surface area (Å²) in [5, 5.41) is 7.18. The molecule has 0 saturated carbocycles. The molecule has 5 heteroatoms. The Bertz CT molecular complexity index is 461. The monoisotopic (exact) mass is 237 g/mol. The largest absolute Gasteiger partial charge is 0.333 e. The zero-order chi connectivity index (χ0) is 11.5. The van der Waals surface area contributed by atoms with Crippen molar-refractivity contribution in [3.63, 3.8) is 0 Å². The summed E-state index contributed by atoms with van der Waals surface area (Å²) >= 11 is 1.66. The van der Waals surface area contributed by atoms with E-state index in [1.165, 1.54) is 4.88 Å². The third-order valence-electron chi connectivity index (χ3n) is 2.09. The Morgan fingerprint density at radius 3 is 2.88 bits per heavy atom. The fourth-order valence-corrected chi connectivity index (χ4v) is 2.06. The molecule has 0 bridgehead atoms. The van der Waals surface area contributed by atoms with Crippen molar-refractivity contribution in [2.75, 3.05) is 0 Å². The van der Waals surface area contributed by atoms with E-state index in [0.29, 0.717) is 24.3 Å². The molecule has 0 aliphatic rings. The normalized spacial score (nSPS) is 11.2. The van der Waals surface area contributed by atoms with Crippen LogP contribution in [0.4, 0.5) is 0 Å². The smallest absolute Gasteiger partial charge is 0.268 e. The van der Waals surface area contributed by atoms with Gasteiger partial charge in [0.1, 0.15) is 0 Å². The zero-order valence-corrected chi connectivity index (χ0v) is 10.5. The predicted octanol–water partition coefficient (Wildman–Crippen LogP) is 2.60. The molecule has 0 aliphatic heterocycles. The summed E-state index contributed by atoms with van der Waals surface area (Å²) in [7, 11) is 0. The van der Waals surface area contributed by atoms with E-state index in [9.17, 15) is 0 Å². The van der Waals surface area contributed by atoms with Crippen LogP contribution in [0.15, 0.2) is 16.7 Å². The Balaban J connectivity index is 2.07. The van der Waals surface area contributed by atoms with E-state index in [1.54, 1.807) is 11.3 Å². The second-order valence-electron chi connectivity index (χ2n) is 3.96. The molecule has 2 heterocycles. The van der Waals surface area contributed by atoms with Crippen LogP contribution in [0.1, 0.15) is 24.5 Å². The minimum atomic E-state index is 0.422. The van der Waals surface area contributed by atoms with Crippen molar-refractivity contribution in [2.24, 2.45) is 0 Å². The molecule has 0 aromatic carbocycles. The molecular weight excluding hydrogens is 222 g/mol. The van der Waals surface area contributed by atoms with Crippen LogP contribution in [0.25, 0.3) is 10.8 Å². The first kappa shape index (κ1) is 11.3. The summed E-state index contributed by atoms with van der Waals surface area (Å²) in [6, 6.07) is 4.48. The van der Waals surface area contributed by atoms with E-state index in [-0.39, 0.29) is 0 Å². The first-order valence-electron chi connectivity index (χ1n) is 5.28. The number of nitrogens with one attached hydrogen (secondary N) is 1. The molecule has 0 fully saturated rings. The Hall–Kier alpha value is -1.20. The van der Waals surface area contributed by atoms with Gasteiger partial charge in [-0.3, -0.25) is 0 Å². The molecule has 2 aromatic heterocycles. The standard InChI is InChI=1S/C11H15N3OS/c1-7(2)12-6-10-13-11(15-14-10)9-5-4-8(3)16-9/h4-5,7,12H,6H2,1-3H3. The van der Waals surface area contributed by atoms with Crippen LogP contribution in [0.3, 0.4) is 0 Å². The Labute approximate surface area is 98.7 Å². The molecule has 16 heavy (non-hydrogen) atoms. The lowest BCUT2D eigenvalue weighted by Gasteiger charge is -2.02. The highest BCUT2D eigenvalue weighted by Gasteiger charge is 2.10. The third kappa shape index (κ3) is 2.68. The van der Waals surface area contributed by atoms with Crippen LogP contribution in [0, 0.1) is 6.92 Å². The first-order chi connectivity index (χ1) is 7.65. The maximum atomic E-state index is 5.21. The maximum absolute atomic E-state index is 5.21. The van der Waals surface area contributed by atoms with E-state index in [0.717, 1.165) is 4.88 Å². The lowest BCUT2D eigenvalue weighted by molar-refractivity contribution is 0.418. The predicted molar refractivity (Wildman–Crippen MR) is 64.3 cm³/mol. The molecule has 86 valence electrons. The average Bonchev–Trinajstić information content (AvgIpc) is 2.83. The third-order valence-corrected chi connectivity index (χ3v) is 3.08. The van der Waals surface area contributed by atoms with Gasteiger partial charge in [-0.25, -0.2) is 0 Å². The molecule has 1 N–H and O–H groups in total. The highest BCUT2D eigenvalue weighted by atomic mass is 32.1. The Morgan fingerprint density at radius 2 is 2.25 bits per heavy atom. The zero-order valence-electron chi connectivity index (χ0n) is 9.65. The van der Waals surface area contributed by atoms with Crippen molar-refractivity contribution in [1.82, 2.24) is 15.5 Å². The summed E-state index contributed by atoms with van der Waals surface area (Å²) in [4.78, 5) is 6.61. The second-order valence-corrected chi connectivity index (χ2v) is 5.25. The van der Waals surface area contributed by atoms with Crippen molar-refractivity contribution in [2.45, 2.75) is 33.4 Å². The Kier molecular flexibility index (Phi) is 3.36. The number of nitrogens with zero attached hydrogens (tertiary/aromatic N) is 2. The molecule has 4 nitrogen and oxygen atoms in total. The molecule has 0 unspecified atom stereocenters. The lowest BCUT2D eigenvalue weighted by Crippen LogP contribution is -2.22. The maximum Gasteiger partial charge on any atom is 0.268 e. The number of hydrogen-bond acceptors (Lipinski definition) is 5. The molecular formula is C11H15N3OS. The van der Waals surface area contributed by atoms with Gasteiger partial charge in [0.15, 0.2) is 5.82 Å². The summed E-state index contributed by atoms with van der Waals surface area (Å²) in [5.41, 5.74) is 0. The quantitative estimate of drug-likeness (QED) is 0.888. The second kappa shape index (κ2) is 4.76. The van der Waals surface area contributed by atoms with E-state index >= 15 is 0 Å². The molecule has 0 spiro atoms. The molecule has 0 radical (unpaired) electrons. The van der Waals surface area contributed by atoms with Crippen molar-refractivity contribution in [3.8, 4) is 10.8 Å². The Morgan fingerprint density at radius 1 is 1.44 bits per heavy atom.